The minimum absolute atomic E-state index is 0.139. The lowest BCUT2D eigenvalue weighted by Crippen LogP contribution is -2.33. The lowest BCUT2D eigenvalue weighted by atomic mass is 9.92. The largest absolute Gasteiger partial charge is 0.339 e. The van der Waals surface area contributed by atoms with E-state index in [0.717, 1.165) is 78.4 Å². The minimum Gasteiger partial charge on any atom is -0.339 e. The monoisotopic (exact) mass is 386 g/mol. The van der Waals surface area contributed by atoms with Gasteiger partial charge in [-0.1, -0.05) is 23.7 Å². The van der Waals surface area contributed by atoms with Gasteiger partial charge in [-0.05, 0) is 69.3 Å². The van der Waals surface area contributed by atoms with Crippen LogP contribution in [0.4, 0.5) is 0 Å². The molecule has 0 saturated carbocycles. The molecule has 4 rings (SSSR count). The molecule has 2 aliphatic heterocycles. The lowest BCUT2D eigenvalue weighted by molar-refractivity contribution is 0.0757. The van der Waals surface area contributed by atoms with Gasteiger partial charge in [0.2, 0.25) is 0 Å². The van der Waals surface area contributed by atoms with Crippen molar-refractivity contribution in [3.63, 3.8) is 0 Å². The van der Waals surface area contributed by atoms with Crippen LogP contribution in [0, 0.1) is 25.7 Å². The number of hydrogen-bond donors (Lipinski definition) is 1. The Labute approximate surface area is 165 Å². The van der Waals surface area contributed by atoms with Gasteiger partial charge in [0.15, 0.2) is 0 Å². The van der Waals surface area contributed by atoms with Crippen LogP contribution in [0.25, 0.3) is 0 Å². The first-order chi connectivity index (χ1) is 13.0. The number of nitrogens with zero attached hydrogens (tertiary/aromatic N) is 3. The summed E-state index contributed by atoms with van der Waals surface area (Å²) in [5.74, 6) is 1.58. The summed E-state index contributed by atoms with van der Waals surface area (Å²) >= 11 is 5.97. The molecule has 2 aliphatic rings. The zero-order chi connectivity index (χ0) is 19.0. The molecule has 0 radical (unpaired) electrons. The van der Waals surface area contributed by atoms with E-state index in [1.807, 2.05) is 47.7 Å². The molecule has 0 aliphatic carbocycles. The molecule has 0 bridgehead atoms. The Morgan fingerprint density at radius 2 is 1.78 bits per heavy atom. The Balaban J connectivity index is 1.52. The van der Waals surface area contributed by atoms with E-state index < -0.39 is 0 Å². The van der Waals surface area contributed by atoms with Gasteiger partial charge < -0.3 is 10.2 Å². The first kappa shape index (κ1) is 18.5. The topological polar surface area (TPSA) is 50.2 Å². The zero-order valence-electron chi connectivity index (χ0n) is 16.0. The summed E-state index contributed by atoms with van der Waals surface area (Å²) in [6.07, 6.45) is 2.20. The number of nitrogens with one attached hydrogen (secondary N) is 1. The number of hydrogen-bond acceptors (Lipinski definition) is 3. The summed E-state index contributed by atoms with van der Waals surface area (Å²) in [6.45, 7) is 8.49. The third kappa shape index (κ3) is 3.76. The summed E-state index contributed by atoms with van der Waals surface area (Å²) in [5.41, 5.74) is 3.66. The summed E-state index contributed by atoms with van der Waals surface area (Å²) in [4.78, 5) is 15.3. The lowest BCUT2D eigenvalue weighted by Gasteiger charge is -2.21. The van der Waals surface area contributed by atoms with Gasteiger partial charge >= 0.3 is 0 Å². The zero-order valence-corrected chi connectivity index (χ0v) is 16.8. The van der Waals surface area contributed by atoms with E-state index in [0.29, 0.717) is 6.54 Å². The van der Waals surface area contributed by atoms with Crippen LogP contribution in [-0.4, -0.2) is 46.8 Å². The molecule has 6 heteroatoms. The maximum Gasteiger partial charge on any atom is 0.257 e. The second-order valence-corrected chi connectivity index (χ2v) is 8.31. The molecule has 27 heavy (non-hydrogen) atoms. The summed E-state index contributed by atoms with van der Waals surface area (Å²) in [5, 5.41) is 8.87. The van der Waals surface area contributed by atoms with Crippen molar-refractivity contribution in [3.8, 4) is 0 Å². The molecule has 1 aromatic carbocycles. The standard InChI is InChI=1S/C21H27ClN4O/c1-14-20(15(2)26(24-14)13-16-3-5-19(22)6-4-16)21(27)25-9-7-17-11-23-12-18(17)8-10-25/h3-6,17-18,23H,7-13H2,1-2H3/t17-,18+. The number of benzene rings is 1. The van der Waals surface area contributed by atoms with Gasteiger partial charge in [0.1, 0.15) is 0 Å². The van der Waals surface area contributed by atoms with Gasteiger partial charge in [0.25, 0.3) is 5.91 Å². The Hall–Kier alpha value is -1.85. The molecular weight excluding hydrogens is 360 g/mol. The van der Waals surface area contributed by atoms with Crippen LogP contribution in [0.1, 0.15) is 40.2 Å². The van der Waals surface area contributed by atoms with Crippen molar-refractivity contribution in [2.75, 3.05) is 26.2 Å². The van der Waals surface area contributed by atoms with Crippen molar-refractivity contribution in [2.24, 2.45) is 11.8 Å². The molecule has 2 fully saturated rings. The Kier molecular flexibility index (Phi) is 5.24. The van der Waals surface area contributed by atoms with Crippen molar-refractivity contribution in [3.05, 3.63) is 51.8 Å². The van der Waals surface area contributed by atoms with E-state index in [2.05, 4.69) is 10.4 Å². The molecule has 2 atom stereocenters. The Morgan fingerprint density at radius 3 is 2.41 bits per heavy atom. The molecule has 2 aromatic rings. The quantitative estimate of drug-likeness (QED) is 0.880. The third-order valence-corrected chi connectivity index (χ3v) is 6.40. The van der Waals surface area contributed by atoms with Crippen LogP contribution in [0.2, 0.25) is 5.02 Å². The van der Waals surface area contributed by atoms with Crippen LogP contribution in [0.5, 0.6) is 0 Å². The number of carbonyl (C=O) groups is 1. The van der Waals surface area contributed by atoms with Gasteiger partial charge in [-0.25, -0.2) is 0 Å². The first-order valence-electron chi connectivity index (χ1n) is 9.81. The maximum atomic E-state index is 13.3. The van der Waals surface area contributed by atoms with Crippen LogP contribution in [-0.2, 0) is 6.54 Å². The van der Waals surface area contributed by atoms with E-state index in [1.165, 1.54) is 0 Å². The summed E-state index contributed by atoms with van der Waals surface area (Å²) in [6, 6.07) is 7.78. The smallest absolute Gasteiger partial charge is 0.257 e. The van der Waals surface area contributed by atoms with Crippen molar-refractivity contribution < 1.29 is 4.79 Å². The molecule has 2 saturated heterocycles. The fourth-order valence-corrected chi connectivity index (χ4v) is 4.63. The predicted octanol–water partition coefficient (Wildman–Crippen LogP) is 3.27. The maximum absolute atomic E-state index is 13.3. The molecule has 5 nitrogen and oxygen atoms in total. The number of rotatable bonds is 3. The highest BCUT2D eigenvalue weighted by Crippen LogP contribution is 2.28. The molecule has 144 valence electrons. The molecule has 3 heterocycles. The van der Waals surface area contributed by atoms with Crippen molar-refractivity contribution in [1.29, 1.82) is 0 Å². The number of likely N-dealkylation sites (tertiary alicyclic amines) is 1. The number of fused-ring (bicyclic) bond motifs is 1. The highest BCUT2D eigenvalue weighted by Gasteiger charge is 2.33. The molecule has 1 aromatic heterocycles. The van der Waals surface area contributed by atoms with Gasteiger partial charge in [-0.15, -0.1) is 0 Å². The average molecular weight is 387 g/mol. The molecule has 1 N–H and O–H groups in total. The molecule has 1 amide bonds. The second kappa shape index (κ2) is 7.64. The highest BCUT2D eigenvalue weighted by molar-refractivity contribution is 6.30. The van der Waals surface area contributed by atoms with Crippen molar-refractivity contribution in [1.82, 2.24) is 20.0 Å². The second-order valence-electron chi connectivity index (χ2n) is 7.88. The molecule has 0 unspecified atom stereocenters. The fourth-order valence-electron chi connectivity index (χ4n) is 4.50. The van der Waals surface area contributed by atoms with Crippen LogP contribution in [0.3, 0.4) is 0 Å². The van der Waals surface area contributed by atoms with Gasteiger partial charge in [-0.3, -0.25) is 9.48 Å². The normalized spacial score (nSPS) is 22.6. The minimum atomic E-state index is 0.139. The fraction of sp³-hybridized carbons (Fsp3) is 0.524. The number of aromatic nitrogens is 2. The van der Waals surface area contributed by atoms with Crippen molar-refractivity contribution in [2.45, 2.75) is 33.2 Å². The van der Waals surface area contributed by atoms with E-state index in [4.69, 9.17) is 11.6 Å². The third-order valence-electron chi connectivity index (χ3n) is 6.15. The molecular formula is C21H27ClN4O. The predicted molar refractivity (Wildman–Crippen MR) is 107 cm³/mol. The molecule has 0 spiro atoms. The van der Waals surface area contributed by atoms with E-state index in [-0.39, 0.29) is 5.91 Å². The number of aryl methyl sites for hydroxylation is 1. The summed E-state index contributed by atoms with van der Waals surface area (Å²) in [7, 11) is 0. The number of halogens is 1. The Morgan fingerprint density at radius 1 is 1.15 bits per heavy atom. The number of amides is 1. The van der Waals surface area contributed by atoms with Crippen LogP contribution in [0.15, 0.2) is 24.3 Å². The van der Waals surface area contributed by atoms with E-state index in [9.17, 15) is 4.79 Å². The van der Waals surface area contributed by atoms with Gasteiger partial charge in [0.05, 0.1) is 17.8 Å². The highest BCUT2D eigenvalue weighted by atomic mass is 35.5. The van der Waals surface area contributed by atoms with E-state index in [1.54, 1.807) is 0 Å². The Bertz CT molecular complexity index is 815. The van der Waals surface area contributed by atoms with Gasteiger partial charge in [-0.2, -0.15) is 5.10 Å². The number of carbonyl (C=O) groups excluding carboxylic acids is 1. The van der Waals surface area contributed by atoms with Crippen molar-refractivity contribution >= 4 is 17.5 Å². The van der Waals surface area contributed by atoms with Crippen LogP contribution < -0.4 is 5.32 Å². The summed E-state index contributed by atoms with van der Waals surface area (Å²) < 4.78 is 1.93. The first-order valence-corrected chi connectivity index (χ1v) is 10.2. The van der Waals surface area contributed by atoms with Gasteiger partial charge in [0, 0.05) is 23.8 Å². The average Bonchev–Trinajstić information content (AvgIpc) is 3.14. The van der Waals surface area contributed by atoms with Crippen LogP contribution >= 0.6 is 11.6 Å². The van der Waals surface area contributed by atoms with E-state index >= 15 is 0 Å². The SMILES string of the molecule is Cc1nn(Cc2ccc(Cl)cc2)c(C)c1C(=O)N1CC[C@@H]2CNC[C@@H]2CC1.